The lowest BCUT2D eigenvalue weighted by Crippen LogP contribution is -2.31. The summed E-state index contributed by atoms with van der Waals surface area (Å²) in [7, 11) is 1.64. The molecule has 3 N–H and O–H groups in total. The molecule has 0 aliphatic carbocycles. The molecule has 0 saturated heterocycles. The van der Waals surface area contributed by atoms with E-state index in [0.29, 0.717) is 19.8 Å². The molecule has 0 saturated carbocycles. The molecule has 5 nitrogen and oxygen atoms in total. The van der Waals surface area contributed by atoms with Crippen LogP contribution in [0.15, 0.2) is 18.2 Å². The molecule has 1 atom stereocenters. The first kappa shape index (κ1) is 11.2. The van der Waals surface area contributed by atoms with Crippen molar-refractivity contribution >= 4 is 0 Å². The van der Waals surface area contributed by atoms with Crippen molar-refractivity contribution in [1.29, 1.82) is 0 Å². The zero-order valence-electron chi connectivity index (χ0n) is 9.23. The summed E-state index contributed by atoms with van der Waals surface area (Å²) in [5, 5.41) is 0. The first-order valence-corrected chi connectivity index (χ1v) is 5.19. The Hall–Kier alpha value is -1.30. The Morgan fingerprint density at radius 1 is 1.38 bits per heavy atom. The standard InChI is InChI=1S/C11H16N2O3/c1-14-7-9(13-12)8-2-3-10-11(6-8)16-5-4-15-10/h2-3,6,9,13H,4-5,7,12H2,1H3. The van der Waals surface area contributed by atoms with E-state index in [2.05, 4.69) is 5.43 Å². The fourth-order valence-corrected chi connectivity index (χ4v) is 1.68. The predicted octanol–water partition coefficient (Wildman–Crippen LogP) is 0.609. The molecule has 88 valence electrons. The zero-order chi connectivity index (χ0) is 11.4. The molecule has 1 aliphatic heterocycles. The number of ether oxygens (including phenoxy) is 3. The number of hydrazine groups is 1. The van der Waals surface area contributed by atoms with Crippen LogP contribution in [-0.4, -0.2) is 26.9 Å². The van der Waals surface area contributed by atoms with Crippen molar-refractivity contribution in [3.05, 3.63) is 23.8 Å². The molecular weight excluding hydrogens is 208 g/mol. The summed E-state index contributed by atoms with van der Waals surface area (Å²) in [6.07, 6.45) is 0. The van der Waals surface area contributed by atoms with E-state index >= 15 is 0 Å². The van der Waals surface area contributed by atoms with Gasteiger partial charge in [-0.05, 0) is 17.7 Å². The van der Waals surface area contributed by atoms with E-state index in [-0.39, 0.29) is 6.04 Å². The van der Waals surface area contributed by atoms with Crippen molar-refractivity contribution in [3.8, 4) is 11.5 Å². The summed E-state index contributed by atoms with van der Waals surface area (Å²) in [5.41, 5.74) is 3.73. The van der Waals surface area contributed by atoms with Crippen LogP contribution in [0.2, 0.25) is 0 Å². The van der Waals surface area contributed by atoms with Crippen LogP contribution in [-0.2, 0) is 4.74 Å². The van der Waals surface area contributed by atoms with Gasteiger partial charge in [0.1, 0.15) is 13.2 Å². The number of nitrogens with one attached hydrogen (secondary N) is 1. The van der Waals surface area contributed by atoms with Gasteiger partial charge in [0.15, 0.2) is 11.5 Å². The molecule has 0 aromatic heterocycles. The van der Waals surface area contributed by atoms with E-state index in [9.17, 15) is 0 Å². The molecule has 0 fully saturated rings. The first-order valence-electron chi connectivity index (χ1n) is 5.19. The highest BCUT2D eigenvalue weighted by molar-refractivity contribution is 5.44. The van der Waals surface area contributed by atoms with Crippen molar-refractivity contribution in [2.45, 2.75) is 6.04 Å². The summed E-state index contributed by atoms with van der Waals surface area (Å²) in [6.45, 7) is 1.70. The molecule has 16 heavy (non-hydrogen) atoms. The maximum atomic E-state index is 5.50. The number of hydrogen-bond donors (Lipinski definition) is 2. The van der Waals surface area contributed by atoms with Gasteiger partial charge in [-0.2, -0.15) is 0 Å². The predicted molar refractivity (Wildman–Crippen MR) is 59.4 cm³/mol. The smallest absolute Gasteiger partial charge is 0.161 e. The molecule has 0 bridgehead atoms. The molecular formula is C11H16N2O3. The highest BCUT2D eigenvalue weighted by atomic mass is 16.6. The Labute approximate surface area is 94.5 Å². The Bertz CT molecular complexity index is 357. The maximum absolute atomic E-state index is 5.50. The van der Waals surface area contributed by atoms with Crippen molar-refractivity contribution < 1.29 is 14.2 Å². The Kier molecular flexibility index (Phi) is 3.61. The van der Waals surface area contributed by atoms with Crippen molar-refractivity contribution in [1.82, 2.24) is 5.43 Å². The van der Waals surface area contributed by atoms with Gasteiger partial charge in [0.25, 0.3) is 0 Å². The van der Waals surface area contributed by atoms with E-state index in [1.807, 2.05) is 18.2 Å². The second-order valence-corrected chi connectivity index (χ2v) is 3.58. The summed E-state index contributed by atoms with van der Waals surface area (Å²) in [4.78, 5) is 0. The van der Waals surface area contributed by atoms with Gasteiger partial charge in [0.2, 0.25) is 0 Å². The van der Waals surface area contributed by atoms with Crippen LogP contribution in [0.4, 0.5) is 0 Å². The van der Waals surface area contributed by atoms with Gasteiger partial charge in [0, 0.05) is 7.11 Å². The van der Waals surface area contributed by atoms with Gasteiger partial charge in [-0.15, -0.1) is 0 Å². The Balaban J connectivity index is 2.21. The normalized spacial score (nSPS) is 15.9. The fourth-order valence-electron chi connectivity index (χ4n) is 1.68. The number of hydrogen-bond acceptors (Lipinski definition) is 5. The molecule has 1 unspecified atom stereocenters. The van der Waals surface area contributed by atoms with Crippen LogP contribution in [0.25, 0.3) is 0 Å². The Morgan fingerprint density at radius 2 is 2.12 bits per heavy atom. The fraction of sp³-hybridized carbons (Fsp3) is 0.455. The van der Waals surface area contributed by atoms with E-state index in [4.69, 9.17) is 20.1 Å². The molecule has 2 rings (SSSR count). The van der Waals surface area contributed by atoms with Crippen molar-refractivity contribution in [2.75, 3.05) is 26.9 Å². The van der Waals surface area contributed by atoms with Crippen LogP contribution >= 0.6 is 0 Å². The lowest BCUT2D eigenvalue weighted by molar-refractivity contribution is 0.163. The number of methoxy groups -OCH3 is 1. The second-order valence-electron chi connectivity index (χ2n) is 3.58. The molecule has 5 heteroatoms. The van der Waals surface area contributed by atoms with Crippen LogP contribution < -0.4 is 20.7 Å². The molecule has 1 aromatic rings. The lowest BCUT2D eigenvalue weighted by Gasteiger charge is -2.21. The van der Waals surface area contributed by atoms with E-state index < -0.39 is 0 Å². The largest absolute Gasteiger partial charge is 0.486 e. The third-order valence-corrected chi connectivity index (χ3v) is 2.50. The SMILES string of the molecule is COCC(NN)c1ccc2c(c1)OCCO2. The zero-order valence-corrected chi connectivity index (χ0v) is 9.23. The maximum Gasteiger partial charge on any atom is 0.161 e. The van der Waals surface area contributed by atoms with Crippen LogP contribution in [0, 0.1) is 0 Å². The third-order valence-electron chi connectivity index (χ3n) is 2.50. The quantitative estimate of drug-likeness (QED) is 0.579. The van der Waals surface area contributed by atoms with E-state index in [0.717, 1.165) is 17.1 Å². The minimum absolute atomic E-state index is 0.0409. The molecule has 1 heterocycles. The summed E-state index contributed by atoms with van der Waals surface area (Å²) < 4.78 is 16.0. The average Bonchev–Trinajstić information content (AvgIpc) is 2.35. The summed E-state index contributed by atoms with van der Waals surface area (Å²) in [6, 6.07) is 5.74. The Morgan fingerprint density at radius 3 is 2.81 bits per heavy atom. The van der Waals surface area contributed by atoms with Gasteiger partial charge >= 0.3 is 0 Å². The van der Waals surface area contributed by atoms with E-state index in [1.165, 1.54) is 0 Å². The lowest BCUT2D eigenvalue weighted by atomic mass is 10.1. The minimum Gasteiger partial charge on any atom is -0.486 e. The van der Waals surface area contributed by atoms with Gasteiger partial charge in [-0.1, -0.05) is 6.07 Å². The van der Waals surface area contributed by atoms with Crippen LogP contribution in [0.3, 0.4) is 0 Å². The monoisotopic (exact) mass is 224 g/mol. The number of benzene rings is 1. The van der Waals surface area contributed by atoms with Gasteiger partial charge in [-0.25, -0.2) is 0 Å². The molecule has 0 spiro atoms. The molecule has 1 aromatic carbocycles. The second kappa shape index (κ2) is 5.16. The molecule has 1 aliphatic rings. The van der Waals surface area contributed by atoms with Crippen LogP contribution in [0.1, 0.15) is 11.6 Å². The number of fused-ring (bicyclic) bond motifs is 1. The molecule has 0 amide bonds. The average molecular weight is 224 g/mol. The van der Waals surface area contributed by atoms with Crippen LogP contribution in [0.5, 0.6) is 11.5 Å². The van der Waals surface area contributed by atoms with Crippen molar-refractivity contribution in [2.24, 2.45) is 5.84 Å². The highest BCUT2D eigenvalue weighted by Crippen LogP contribution is 2.32. The van der Waals surface area contributed by atoms with E-state index in [1.54, 1.807) is 7.11 Å². The van der Waals surface area contributed by atoms with Gasteiger partial charge in [0.05, 0.1) is 12.6 Å². The topological polar surface area (TPSA) is 65.7 Å². The minimum atomic E-state index is -0.0409. The molecule has 0 radical (unpaired) electrons. The number of rotatable bonds is 4. The summed E-state index contributed by atoms with van der Waals surface area (Å²) >= 11 is 0. The van der Waals surface area contributed by atoms with Crippen molar-refractivity contribution in [3.63, 3.8) is 0 Å². The summed E-state index contributed by atoms with van der Waals surface area (Å²) in [5.74, 6) is 7.01. The van der Waals surface area contributed by atoms with Gasteiger partial charge < -0.3 is 14.2 Å². The third kappa shape index (κ3) is 2.27. The highest BCUT2D eigenvalue weighted by Gasteiger charge is 2.15. The van der Waals surface area contributed by atoms with Gasteiger partial charge in [-0.3, -0.25) is 11.3 Å². The first-order chi connectivity index (χ1) is 7.85. The number of nitrogens with two attached hydrogens (primary N) is 1.